The third-order valence-electron chi connectivity index (χ3n) is 4.28. The molecule has 11 heteroatoms. The van der Waals surface area contributed by atoms with E-state index in [1.807, 2.05) is 18.2 Å². The van der Waals surface area contributed by atoms with Crippen LogP contribution in [-0.2, 0) is 12.7 Å². The molecule has 2 N–H and O–H groups in total. The maximum absolute atomic E-state index is 12.6. The number of halogens is 4. The molecule has 0 saturated carbocycles. The number of rotatable bonds is 4. The summed E-state index contributed by atoms with van der Waals surface area (Å²) in [7, 11) is 1.64. The Morgan fingerprint density at radius 1 is 1.32 bits per heavy atom. The van der Waals surface area contributed by atoms with Gasteiger partial charge >= 0.3 is 6.18 Å². The fraction of sp³-hybridized carbons (Fsp3) is 0.471. The van der Waals surface area contributed by atoms with Crippen LogP contribution in [0.25, 0.3) is 0 Å². The molecule has 1 aliphatic heterocycles. The van der Waals surface area contributed by atoms with Crippen LogP contribution >= 0.6 is 35.3 Å². The first-order valence-electron chi connectivity index (χ1n) is 8.60. The van der Waals surface area contributed by atoms with E-state index in [9.17, 15) is 13.2 Å². The minimum absolute atomic E-state index is 0. The van der Waals surface area contributed by atoms with Gasteiger partial charge in [-0.25, -0.2) is 9.97 Å². The molecule has 2 aromatic rings. The van der Waals surface area contributed by atoms with Gasteiger partial charge in [0.05, 0.1) is 6.54 Å². The van der Waals surface area contributed by atoms with Crippen LogP contribution < -0.4 is 15.5 Å². The van der Waals surface area contributed by atoms with E-state index in [1.54, 1.807) is 13.2 Å². The Kier molecular flexibility index (Phi) is 8.28. The van der Waals surface area contributed by atoms with E-state index in [0.29, 0.717) is 11.0 Å². The summed E-state index contributed by atoms with van der Waals surface area (Å²) >= 11 is 0.983. The summed E-state index contributed by atoms with van der Waals surface area (Å²) in [6.45, 7) is 1.97. The average Bonchev–Trinajstić information content (AvgIpc) is 3.16. The van der Waals surface area contributed by atoms with Gasteiger partial charge in [-0.3, -0.25) is 4.99 Å². The number of aromatic nitrogens is 2. The van der Waals surface area contributed by atoms with Gasteiger partial charge < -0.3 is 15.5 Å². The molecule has 1 aliphatic rings. The van der Waals surface area contributed by atoms with E-state index in [4.69, 9.17) is 0 Å². The van der Waals surface area contributed by atoms with Gasteiger partial charge in [-0.05, 0) is 25.0 Å². The second-order valence-corrected chi connectivity index (χ2v) is 7.09. The molecule has 0 aliphatic carbocycles. The van der Waals surface area contributed by atoms with Crippen LogP contribution in [-0.4, -0.2) is 42.1 Å². The van der Waals surface area contributed by atoms with Crippen molar-refractivity contribution >= 4 is 47.1 Å². The lowest BCUT2D eigenvalue weighted by atomic mass is 10.1. The number of hydrogen-bond acceptors (Lipinski definition) is 5. The normalized spacial score (nSPS) is 15.9. The van der Waals surface area contributed by atoms with E-state index in [1.165, 1.54) is 0 Å². The summed E-state index contributed by atoms with van der Waals surface area (Å²) in [6, 6.07) is 6.12. The molecule has 1 fully saturated rings. The number of nitrogens with zero attached hydrogens (tertiary/aromatic N) is 4. The zero-order valence-electron chi connectivity index (χ0n) is 15.2. The Bertz CT molecular complexity index is 760. The lowest BCUT2D eigenvalue weighted by Crippen LogP contribution is -2.48. The molecular weight excluding hydrogens is 504 g/mol. The number of pyridine rings is 1. The van der Waals surface area contributed by atoms with Gasteiger partial charge in [0.1, 0.15) is 10.8 Å². The highest BCUT2D eigenvalue weighted by Gasteiger charge is 2.33. The summed E-state index contributed by atoms with van der Waals surface area (Å²) in [6.07, 6.45) is -0.774. The van der Waals surface area contributed by atoms with E-state index >= 15 is 0 Å². The predicted octanol–water partition coefficient (Wildman–Crippen LogP) is 3.51. The highest BCUT2D eigenvalue weighted by atomic mass is 127. The molecule has 0 bridgehead atoms. The number of nitrogens with one attached hydrogen (secondary N) is 2. The van der Waals surface area contributed by atoms with Gasteiger partial charge in [-0.15, -0.1) is 35.3 Å². The number of alkyl halides is 3. The Morgan fingerprint density at radius 2 is 2.07 bits per heavy atom. The van der Waals surface area contributed by atoms with Gasteiger partial charge in [-0.1, -0.05) is 6.07 Å². The van der Waals surface area contributed by atoms with Gasteiger partial charge in [0, 0.05) is 37.8 Å². The number of guanidine groups is 1. The van der Waals surface area contributed by atoms with Gasteiger partial charge in [0.15, 0.2) is 11.7 Å². The average molecular weight is 526 g/mol. The Balaban J connectivity index is 0.00000280. The monoisotopic (exact) mass is 526 g/mol. The summed E-state index contributed by atoms with van der Waals surface area (Å²) in [5.41, 5.74) is -0.853. The van der Waals surface area contributed by atoms with Crippen molar-refractivity contribution in [1.82, 2.24) is 20.6 Å². The second kappa shape index (κ2) is 10.2. The molecule has 6 nitrogen and oxygen atoms in total. The maximum atomic E-state index is 12.6. The molecule has 1 saturated heterocycles. The van der Waals surface area contributed by atoms with Gasteiger partial charge in [0.2, 0.25) is 0 Å². The van der Waals surface area contributed by atoms with Crippen molar-refractivity contribution in [2.24, 2.45) is 4.99 Å². The highest BCUT2D eigenvalue weighted by Crippen LogP contribution is 2.29. The van der Waals surface area contributed by atoms with Crippen LogP contribution in [0.2, 0.25) is 0 Å². The Morgan fingerprint density at radius 3 is 2.64 bits per heavy atom. The van der Waals surface area contributed by atoms with Crippen molar-refractivity contribution in [2.75, 3.05) is 25.0 Å². The second-order valence-electron chi connectivity index (χ2n) is 6.14. The van der Waals surface area contributed by atoms with Crippen LogP contribution in [0, 0.1) is 0 Å². The minimum atomic E-state index is -4.41. The predicted molar refractivity (Wildman–Crippen MR) is 115 cm³/mol. The van der Waals surface area contributed by atoms with Crippen molar-refractivity contribution in [2.45, 2.75) is 31.6 Å². The zero-order valence-corrected chi connectivity index (χ0v) is 18.4. The van der Waals surface area contributed by atoms with E-state index in [2.05, 4.69) is 30.5 Å². The lowest BCUT2D eigenvalue weighted by molar-refractivity contribution is -0.140. The molecule has 28 heavy (non-hydrogen) atoms. The Labute approximate surface area is 182 Å². The number of anilines is 1. The molecule has 0 amide bonds. The van der Waals surface area contributed by atoms with E-state index < -0.39 is 11.9 Å². The molecule has 0 radical (unpaired) electrons. The summed E-state index contributed by atoms with van der Waals surface area (Å²) in [4.78, 5) is 14.4. The fourth-order valence-corrected chi connectivity index (χ4v) is 3.60. The SMILES string of the molecule is CN=C(NCc1nc(C(F)(F)F)cs1)NC1CCN(c2ccccn2)CC1.I. The van der Waals surface area contributed by atoms with Crippen LogP contribution in [0.5, 0.6) is 0 Å². The molecule has 2 aromatic heterocycles. The van der Waals surface area contributed by atoms with Crippen molar-refractivity contribution in [1.29, 1.82) is 0 Å². The molecular formula is C17H22F3IN6S. The van der Waals surface area contributed by atoms with Crippen LogP contribution in [0.4, 0.5) is 19.0 Å². The molecule has 0 aromatic carbocycles. The first kappa shape index (κ1) is 22.7. The maximum Gasteiger partial charge on any atom is 0.434 e. The van der Waals surface area contributed by atoms with E-state index in [-0.39, 0.29) is 36.6 Å². The van der Waals surface area contributed by atoms with Crippen molar-refractivity contribution in [3.05, 3.63) is 40.5 Å². The number of aliphatic imine (C=N–C) groups is 1. The summed E-state index contributed by atoms with van der Waals surface area (Å²) < 4.78 is 37.8. The quantitative estimate of drug-likeness (QED) is 0.363. The topological polar surface area (TPSA) is 65.4 Å². The van der Waals surface area contributed by atoms with E-state index in [0.717, 1.165) is 48.5 Å². The molecule has 0 unspecified atom stereocenters. The third kappa shape index (κ3) is 6.19. The summed E-state index contributed by atoms with van der Waals surface area (Å²) in [5.74, 6) is 1.54. The molecule has 0 atom stereocenters. The van der Waals surface area contributed by atoms with Crippen molar-refractivity contribution in [3.63, 3.8) is 0 Å². The first-order chi connectivity index (χ1) is 13.0. The standard InChI is InChI=1S/C17H21F3N6S.HI/c1-21-16(23-10-15-25-13(11-27-15)17(18,19)20)24-12-5-8-26(9-6-12)14-4-2-3-7-22-14;/h2-4,7,11-12H,5-6,8-10H2,1H3,(H2,21,23,24);1H. The summed E-state index contributed by atoms with van der Waals surface area (Å²) in [5, 5.41) is 7.76. The third-order valence-corrected chi connectivity index (χ3v) is 5.13. The molecule has 154 valence electrons. The molecule has 0 spiro atoms. The van der Waals surface area contributed by atoms with Crippen LogP contribution in [0.15, 0.2) is 34.8 Å². The van der Waals surface area contributed by atoms with Gasteiger partial charge in [0.25, 0.3) is 0 Å². The zero-order chi connectivity index (χ0) is 19.3. The largest absolute Gasteiger partial charge is 0.434 e. The molecule has 3 rings (SSSR count). The fourth-order valence-electron chi connectivity index (χ4n) is 2.86. The minimum Gasteiger partial charge on any atom is -0.356 e. The Hall–Kier alpha value is -1.63. The van der Waals surface area contributed by atoms with Crippen LogP contribution in [0.3, 0.4) is 0 Å². The number of hydrogen-bond donors (Lipinski definition) is 2. The van der Waals surface area contributed by atoms with Gasteiger partial charge in [-0.2, -0.15) is 13.2 Å². The molecule has 3 heterocycles. The lowest BCUT2D eigenvalue weighted by Gasteiger charge is -2.33. The number of thiazole rings is 1. The van der Waals surface area contributed by atoms with Crippen molar-refractivity contribution < 1.29 is 13.2 Å². The smallest absolute Gasteiger partial charge is 0.356 e. The number of piperidine rings is 1. The van der Waals surface area contributed by atoms with Crippen molar-refractivity contribution in [3.8, 4) is 0 Å². The highest BCUT2D eigenvalue weighted by molar-refractivity contribution is 14.0. The van der Waals surface area contributed by atoms with Crippen LogP contribution in [0.1, 0.15) is 23.5 Å². The first-order valence-corrected chi connectivity index (χ1v) is 9.48.